The molecule has 0 aliphatic carbocycles. The van der Waals surface area contributed by atoms with Gasteiger partial charge in [0.2, 0.25) is 0 Å². The van der Waals surface area contributed by atoms with Gasteiger partial charge in [-0.05, 0) is 19.1 Å². The minimum atomic E-state index is -0.559. The van der Waals surface area contributed by atoms with Crippen LogP contribution in [0.2, 0.25) is 0 Å². The third kappa shape index (κ3) is 1.13. The van der Waals surface area contributed by atoms with Crippen molar-refractivity contribution in [1.29, 1.82) is 0 Å². The summed E-state index contributed by atoms with van der Waals surface area (Å²) in [6.07, 6.45) is 0.811. The Labute approximate surface area is 74.8 Å². The molecule has 13 heavy (non-hydrogen) atoms. The molecule has 0 fully saturated rings. The van der Waals surface area contributed by atoms with Crippen molar-refractivity contribution in [3.05, 3.63) is 24.2 Å². The summed E-state index contributed by atoms with van der Waals surface area (Å²) in [5, 5.41) is 13.4. The molecule has 0 aliphatic heterocycles. The van der Waals surface area contributed by atoms with Gasteiger partial charge >= 0.3 is 0 Å². The molecule has 0 spiro atoms. The zero-order valence-corrected chi connectivity index (χ0v) is 7.18. The highest BCUT2D eigenvalue weighted by Crippen LogP contribution is 2.17. The summed E-state index contributed by atoms with van der Waals surface area (Å²) in [6, 6.07) is 3.57. The molecule has 1 unspecified atom stereocenters. The Hall–Kier alpha value is -1.62. The number of anilines is 1. The molecule has 2 aromatic heterocycles. The van der Waals surface area contributed by atoms with Crippen molar-refractivity contribution >= 4 is 11.3 Å². The molecule has 3 N–H and O–H groups in total. The number of nitrogens with two attached hydrogens (primary N) is 1. The van der Waals surface area contributed by atoms with Gasteiger partial charge in [0.1, 0.15) is 11.8 Å². The quantitative estimate of drug-likeness (QED) is 0.661. The Morgan fingerprint density at radius 1 is 1.54 bits per heavy atom. The van der Waals surface area contributed by atoms with Crippen LogP contribution in [0, 0.1) is 0 Å². The van der Waals surface area contributed by atoms with E-state index < -0.39 is 6.10 Å². The summed E-state index contributed by atoms with van der Waals surface area (Å²) in [5.74, 6) is 0.418. The summed E-state index contributed by atoms with van der Waals surface area (Å²) in [4.78, 5) is 3.84. The average Bonchev–Trinajstić information content (AvgIpc) is 2.48. The second kappa shape index (κ2) is 2.70. The number of fused-ring (bicyclic) bond motifs is 1. The lowest BCUT2D eigenvalue weighted by molar-refractivity contribution is 0.192. The van der Waals surface area contributed by atoms with Gasteiger partial charge in [-0.15, -0.1) is 0 Å². The lowest BCUT2D eigenvalue weighted by Gasteiger charge is -2.03. The van der Waals surface area contributed by atoms with E-state index >= 15 is 0 Å². The first-order chi connectivity index (χ1) is 6.20. The van der Waals surface area contributed by atoms with Crippen LogP contribution in [0.1, 0.15) is 18.7 Å². The number of nitrogens with zero attached hydrogens (tertiary/aromatic N) is 3. The molecule has 0 saturated heterocycles. The number of aliphatic hydroxyl groups is 1. The van der Waals surface area contributed by atoms with Gasteiger partial charge in [0.15, 0.2) is 5.82 Å². The molecule has 0 saturated carbocycles. The number of nitrogen functional groups attached to an aromatic ring is 1. The molecular weight excluding hydrogens is 168 g/mol. The van der Waals surface area contributed by atoms with Gasteiger partial charge in [0, 0.05) is 0 Å². The second-order valence-corrected chi connectivity index (χ2v) is 2.88. The highest BCUT2D eigenvalue weighted by molar-refractivity contribution is 5.65. The van der Waals surface area contributed by atoms with Gasteiger partial charge in [-0.2, -0.15) is 5.10 Å². The molecule has 0 bridgehead atoms. The third-order valence-electron chi connectivity index (χ3n) is 1.94. The van der Waals surface area contributed by atoms with Gasteiger partial charge in [-0.3, -0.25) is 0 Å². The van der Waals surface area contributed by atoms with E-state index in [0.29, 0.717) is 11.5 Å². The maximum Gasteiger partial charge on any atom is 0.151 e. The molecule has 2 heterocycles. The maximum absolute atomic E-state index is 9.38. The molecule has 0 amide bonds. The fraction of sp³-hybridized carbons (Fsp3) is 0.250. The molecule has 0 radical (unpaired) electrons. The predicted octanol–water partition coefficient (Wildman–Crippen LogP) is 0.365. The van der Waals surface area contributed by atoms with Crippen LogP contribution in [0.4, 0.5) is 5.82 Å². The van der Waals surface area contributed by atoms with Crippen molar-refractivity contribution in [2.45, 2.75) is 13.0 Å². The van der Waals surface area contributed by atoms with E-state index in [2.05, 4.69) is 10.1 Å². The molecule has 5 heteroatoms. The van der Waals surface area contributed by atoms with Crippen molar-refractivity contribution < 1.29 is 5.11 Å². The van der Waals surface area contributed by atoms with E-state index in [9.17, 15) is 5.11 Å². The van der Waals surface area contributed by atoms with Crippen LogP contribution in [0.15, 0.2) is 18.5 Å². The zero-order chi connectivity index (χ0) is 9.42. The average molecular weight is 178 g/mol. The summed E-state index contributed by atoms with van der Waals surface area (Å²) in [6.45, 7) is 1.68. The van der Waals surface area contributed by atoms with Crippen LogP contribution >= 0.6 is 0 Å². The molecular formula is C8H10N4O. The SMILES string of the molecule is CC(O)c1ccc2c(N)ncnn12. The lowest BCUT2D eigenvalue weighted by Crippen LogP contribution is -2.03. The number of hydrogen-bond acceptors (Lipinski definition) is 4. The summed E-state index contributed by atoms with van der Waals surface area (Å²) >= 11 is 0. The number of hydrogen-bond donors (Lipinski definition) is 2. The zero-order valence-electron chi connectivity index (χ0n) is 7.18. The lowest BCUT2D eigenvalue weighted by atomic mass is 10.3. The number of rotatable bonds is 1. The molecule has 1 atom stereocenters. The van der Waals surface area contributed by atoms with E-state index in [0.717, 1.165) is 5.52 Å². The molecule has 0 aromatic carbocycles. The van der Waals surface area contributed by atoms with E-state index in [-0.39, 0.29) is 0 Å². The van der Waals surface area contributed by atoms with Crippen LogP contribution in [-0.4, -0.2) is 19.7 Å². The monoisotopic (exact) mass is 178 g/mol. The van der Waals surface area contributed by atoms with Gasteiger partial charge < -0.3 is 10.8 Å². The number of aromatic nitrogens is 3. The Bertz CT molecular complexity index is 435. The maximum atomic E-state index is 9.38. The fourth-order valence-electron chi connectivity index (χ4n) is 1.29. The first-order valence-corrected chi connectivity index (χ1v) is 3.96. The first-order valence-electron chi connectivity index (χ1n) is 3.96. The van der Waals surface area contributed by atoms with Gasteiger partial charge in [0.05, 0.1) is 11.8 Å². The van der Waals surface area contributed by atoms with Crippen LogP contribution in [-0.2, 0) is 0 Å². The van der Waals surface area contributed by atoms with Crippen molar-refractivity contribution in [1.82, 2.24) is 14.6 Å². The third-order valence-corrected chi connectivity index (χ3v) is 1.94. The van der Waals surface area contributed by atoms with Crippen LogP contribution in [0.5, 0.6) is 0 Å². The standard InChI is InChI=1S/C8H10N4O/c1-5(13)6-2-3-7-8(9)10-4-11-12(6)7/h2-5,13H,1H3,(H2,9,10,11). The summed E-state index contributed by atoms with van der Waals surface area (Å²) in [7, 11) is 0. The molecule has 2 rings (SSSR count). The van der Waals surface area contributed by atoms with E-state index in [4.69, 9.17) is 5.73 Å². The number of aliphatic hydroxyl groups excluding tert-OH is 1. The highest BCUT2D eigenvalue weighted by Gasteiger charge is 2.09. The molecule has 5 nitrogen and oxygen atoms in total. The molecule has 68 valence electrons. The Kier molecular flexibility index (Phi) is 1.66. The van der Waals surface area contributed by atoms with Gasteiger partial charge in [-0.1, -0.05) is 0 Å². The molecule has 0 aliphatic rings. The Morgan fingerprint density at radius 2 is 2.31 bits per heavy atom. The minimum Gasteiger partial charge on any atom is -0.387 e. The Balaban J connectivity index is 2.75. The van der Waals surface area contributed by atoms with E-state index in [1.165, 1.54) is 6.33 Å². The predicted molar refractivity (Wildman–Crippen MR) is 48.0 cm³/mol. The summed E-state index contributed by atoms with van der Waals surface area (Å²) in [5.41, 5.74) is 7.05. The van der Waals surface area contributed by atoms with E-state index in [1.54, 1.807) is 23.6 Å². The van der Waals surface area contributed by atoms with Crippen molar-refractivity contribution in [2.24, 2.45) is 0 Å². The van der Waals surface area contributed by atoms with Crippen LogP contribution < -0.4 is 5.73 Å². The first kappa shape index (κ1) is 8.00. The largest absolute Gasteiger partial charge is 0.387 e. The molecule has 2 aromatic rings. The minimum absolute atomic E-state index is 0.418. The topological polar surface area (TPSA) is 76.4 Å². The Morgan fingerprint density at radius 3 is 3.00 bits per heavy atom. The van der Waals surface area contributed by atoms with Crippen LogP contribution in [0.25, 0.3) is 5.52 Å². The van der Waals surface area contributed by atoms with Gasteiger partial charge in [-0.25, -0.2) is 9.50 Å². The van der Waals surface area contributed by atoms with Crippen molar-refractivity contribution in [2.75, 3.05) is 5.73 Å². The van der Waals surface area contributed by atoms with Crippen LogP contribution in [0.3, 0.4) is 0 Å². The highest BCUT2D eigenvalue weighted by atomic mass is 16.3. The van der Waals surface area contributed by atoms with Crippen molar-refractivity contribution in [3.63, 3.8) is 0 Å². The van der Waals surface area contributed by atoms with Gasteiger partial charge in [0.25, 0.3) is 0 Å². The second-order valence-electron chi connectivity index (χ2n) is 2.88. The smallest absolute Gasteiger partial charge is 0.151 e. The van der Waals surface area contributed by atoms with E-state index in [1.807, 2.05) is 0 Å². The fourth-order valence-corrected chi connectivity index (χ4v) is 1.29. The normalized spacial score (nSPS) is 13.4. The summed E-state index contributed by atoms with van der Waals surface area (Å²) < 4.78 is 1.59. The van der Waals surface area contributed by atoms with Crippen molar-refractivity contribution in [3.8, 4) is 0 Å².